The van der Waals surface area contributed by atoms with Crippen molar-refractivity contribution < 1.29 is 4.42 Å². The minimum absolute atomic E-state index is 0.687. The van der Waals surface area contributed by atoms with E-state index in [1.807, 2.05) is 38.2 Å². The maximum absolute atomic E-state index is 5.54. The molecule has 0 aliphatic rings. The minimum Gasteiger partial charge on any atom is -0.464 e. The van der Waals surface area contributed by atoms with E-state index in [9.17, 15) is 0 Å². The van der Waals surface area contributed by atoms with Gasteiger partial charge < -0.3 is 9.73 Å². The van der Waals surface area contributed by atoms with Gasteiger partial charge in [-0.3, -0.25) is 0 Å². The largest absolute Gasteiger partial charge is 0.464 e. The molecule has 3 aromatic rings. The molecule has 0 amide bonds. The first-order valence-electron chi connectivity index (χ1n) is 5.89. The number of para-hydroxylation sites is 1. The van der Waals surface area contributed by atoms with Crippen LogP contribution in [0.2, 0.25) is 0 Å². The zero-order valence-electron chi connectivity index (χ0n) is 10.6. The predicted octanol–water partition coefficient (Wildman–Crippen LogP) is 3.84. The first-order valence-corrected chi connectivity index (χ1v) is 6.97. The quantitative estimate of drug-likeness (QED) is 0.701. The number of anilines is 1. The number of fused-ring (bicyclic) bond motifs is 1. The minimum atomic E-state index is 0.687. The molecule has 0 radical (unpaired) electrons. The lowest BCUT2D eigenvalue weighted by Crippen LogP contribution is -2.02. The van der Waals surface area contributed by atoms with Crippen molar-refractivity contribution in [2.24, 2.45) is 0 Å². The Morgan fingerprint density at radius 2 is 2.00 bits per heavy atom. The summed E-state index contributed by atoms with van der Waals surface area (Å²) in [6.45, 7) is 1.98. The fraction of sp³-hybridized carbons (Fsp3) is 0.143. The number of halogens is 1. The van der Waals surface area contributed by atoms with E-state index in [1.165, 1.54) is 0 Å². The van der Waals surface area contributed by atoms with Gasteiger partial charge in [0, 0.05) is 12.4 Å². The van der Waals surface area contributed by atoms with Gasteiger partial charge in [0.2, 0.25) is 0 Å². The molecular formula is C14H12IN3O. The van der Waals surface area contributed by atoms with Gasteiger partial charge in [0.1, 0.15) is 17.7 Å². The highest BCUT2D eigenvalue weighted by Crippen LogP contribution is 2.30. The van der Waals surface area contributed by atoms with E-state index >= 15 is 0 Å². The average molecular weight is 365 g/mol. The molecule has 2 aromatic heterocycles. The van der Waals surface area contributed by atoms with E-state index in [0.29, 0.717) is 5.82 Å². The highest BCUT2D eigenvalue weighted by molar-refractivity contribution is 14.1. The van der Waals surface area contributed by atoms with Crippen LogP contribution in [0.5, 0.6) is 0 Å². The van der Waals surface area contributed by atoms with Crippen molar-refractivity contribution in [3.63, 3.8) is 0 Å². The molecule has 0 atom stereocenters. The highest BCUT2D eigenvalue weighted by Gasteiger charge is 2.14. The van der Waals surface area contributed by atoms with E-state index in [1.54, 1.807) is 6.26 Å². The molecular weight excluding hydrogens is 353 g/mol. The number of hydrogen-bond donors (Lipinski definition) is 1. The van der Waals surface area contributed by atoms with E-state index in [-0.39, 0.29) is 0 Å². The maximum Gasteiger partial charge on any atom is 0.165 e. The molecule has 0 bridgehead atoms. The number of rotatable bonds is 2. The Morgan fingerprint density at radius 3 is 2.79 bits per heavy atom. The molecule has 0 saturated carbocycles. The first kappa shape index (κ1) is 12.4. The molecule has 2 heterocycles. The van der Waals surface area contributed by atoms with Crippen LogP contribution in [0.25, 0.3) is 22.4 Å². The van der Waals surface area contributed by atoms with Crippen LogP contribution in [0.4, 0.5) is 5.82 Å². The van der Waals surface area contributed by atoms with E-state index in [4.69, 9.17) is 4.42 Å². The second kappa shape index (κ2) is 4.80. The van der Waals surface area contributed by atoms with Gasteiger partial charge in [-0.15, -0.1) is 0 Å². The highest BCUT2D eigenvalue weighted by atomic mass is 127. The van der Waals surface area contributed by atoms with Gasteiger partial charge in [0.25, 0.3) is 0 Å². The third-order valence-electron chi connectivity index (χ3n) is 2.98. The Balaban J connectivity index is 2.24. The lowest BCUT2D eigenvalue weighted by atomic mass is 10.1. The van der Waals surface area contributed by atoms with Crippen molar-refractivity contribution >= 4 is 39.4 Å². The van der Waals surface area contributed by atoms with Crippen molar-refractivity contribution in [1.82, 2.24) is 9.97 Å². The van der Waals surface area contributed by atoms with Crippen molar-refractivity contribution in [3.05, 3.63) is 39.8 Å². The first-order chi connectivity index (χ1) is 9.20. The lowest BCUT2D eigenvalue weighted by Gasteiger charge is -2.07. The lowest BCUT2D eigenvalue weighted by molar-refractivity contribution is 0.616. The van der Waals surface area contributed by atoms with E-state index in [0.717, 1.165) is 31.6 Å². The molecule has 4 nitrogen and oxygen atoms in total. The SMILES string of the molecule is CNc1nc(-c2coc3ccccc23)nc(C)c1I. The summed E-state index contributed by atoms with van der Waals surface area (Å²) >= 11 is 2.25. The smallest absolute Gasteiger partial charge is 0.165 e. The van der Waals surface area contributed by atoms with Gasteiger partial charge in [-0.1, -0.05) is 18.2 Å². The van der Waals surface area contributed by atoms with Gasteiger partial charge in [-0.2, -0.15) is 0 Å². The number of nitrogens with one attached hydrogen (secondary N) is 1. The van der Waals surface area contributed by atoms with Crippen LogP contribution in [0.15, 0.2) is 34.9 Å². The molecule has 1 N–H and O–H groups in total. The standard InChI is InChI=1S/C14H12IN3O/c1-8-12(15)14(16-2)18-13(17-8)10-7-19-11-6-4-3-5-9(10)11/h3-7H,1-2H3,(H,16,17,18). The molecule has 0 saturated heterocycles. The molecule has 19 heavy (non-hydrogen) atoms. The van der Waals surface area contributed by atoms with Gasteiger partial charge in [-0.05, 0) is 35.6 Å². The summed E-state index contributed by atoms with van der Waals surface area (Å²) in [4.78, 5) is 9.11. The molecule has 0 aliphatic heterocycles. The van der Waals surface area contributed by atoms with Gasteiger partial charge in [-0.25, -0.2) is 9.97 Å². The molecule has 5 heteroatoms. The molecule has 0 aliphatic carbocycles. The number of nitrogens with zero attached hydrogens (tertiary/aromatic N) is 2. The summed E-state index contributed by atoms with van der Waals surface area (Å²) < 4.78 is 6.58. The maximum atomic E-state index is 5.54. The zero-order valence-corrected chi connectivity index (χ0v) is 12.7. The van der Waals surface area contributed by atoms with Crippen LogP contribution in [0, 0.1) is 10.5 Å². The average Bonchev–Trinajstić information content (AvgIpc) is 2.85. The summed E-state index contributed by atoms with van der Waals surface area (Å²) in [5.41, 5.74) is 2.73. The van der Waals surface area contributed by atoms with Crippen LogP contribution in [0.1, 0.15) is 5.69 Å². The van der Waals surface area contributed by atoms with Gasteiger partial charge in [0.05, 0.1) is 14.8 Å². The summed E-state index contributed by atoms with van der Waals surface area (Å²) in [7, 11) is 1.86. The Bertz CT molecular complexity index is 752. The monoisotopic (exact) mass is 365 g/mol. The third kappa shape index (κ3) is 2.07. The van der Waals surface area contributed by atoms with Crippen LogP contribution in [0.3, 0.4) is 0 Å². The topological polar surface area (TPSA) is 51.0 Å². The Morgan fingerprint density at radius 1 is 1.21 bits per heavy atom. The Hall–Kier alpha value is -1.63. The fourth-order valence-corrected chi connectivity index (χ4v) is 2.51. The van der Waals surface area contributed by atoms with Gasteiger partial charge >= 0.3 is 0 Å². The summed E-state index contributed by atoms with van der Waals surface area (Å²) in [6.07, 6.45) is 1.71. The molecule has 1 aromatic carbocycles. The van der Waals surface area contributed by atoms with Crippen LogP contribution >= 0.6 is 22.6 Å². The van der Waals surface area contributed by atoms with Crippen molar-refractivity contribution in [1.29, 1.82) is 0 Å². The normalized spacial score (nSPS) is 10.9. The Kier molecular flexibility index (Phi) is 3.14. The van der Waals surface area contributed by atoms with E-state index in [2.05, 4.69) is 37.9 Å². The number of benzene rings is 1. The van der Waals surface area contributed by atoms with Crippen molar-refractivity contribution in [3.8, 4) is 11.4 Å². The number of aryl methyl sites for hydroxylation is 1. The summed E-state index contributed by atoms with van der Waals surface area (Å²) in [5, 5.41) is 4.13. The molecule has 3 rings (SSSR count). The van der Waals surface area contributed by atoms with Crippen molar-refractivity contribution in [2.75, 3.05) is 12.4 Å². The van der Waals surface area contributed by atoms with E-state index < -0.39 is 0 Å². The number of aromatic nitrogens is 2. The van der Waals surface area contributed by atoms with Crippen LogP contribution < -0.4 is 5.32 Å². The molecule has 0 unspecified atom stereocenters. The zero-order chi connectivity index (χ0) is 13.4. The molecule has 96 valence electrons. The summed E-state index contributed by atoms with van der Waals surface area (Å²) in [6, 6.07) is 7.90. The Labute approximate surface area is 124 Å². The fourth-order valence-electron chi connectivity index (χ4n) is 2.00. The number of hydrogen-bond acceptors (Lipinski definition) is 4. The summed E-state index contributed by atoms with van der Waals surface area (Å²) in [5.74, 6) is 1.53. The van der Waals surface area contributed by atoms with Crippen molar-refractivity contribution in [2.45, 2.75) is 6.92 Å². The molecule has 0 fully saturated rings. The number of furan rings is 1. The second-order valence-corrected chi connectivity index (χ2v) is 5.27. The predicted molar refractivity (Wildman–Crippen MR) is 84.2 cm³/mol. The van der Waals surface area contributed by atoms with Crippen LogP contribution in [-0.4, -0.2) is 17.0 Å². The second-order valence-electron chi connectivity index (χ2n) is 4.19. The third-order valence-corrected chi connectivity index (χ3v) is 4.27. The van der Waals surface area contributed by atoms with Crippen LogP contribution in [-0.2, 0) is 0 Å². The molecule has 0 spiro atoms. The van der Waals surface area contributed by atoms with Gasteiger partial charge in [0.15, 0.2) is 5.82 Å².